The number of nitrogens with zero attached hydrogens (tertiary/aromatic N) is 1. The molecule has 1 atom stereocenters. The second-order valence-corrected chi connectivity index (χ2v) is 5.07. The van der Waals surface area contributed by atoms with E-state index in [-0.39, 0.29) is 11.5 Å². The SMILES string of the molecule is CCC(C)CC(=O)N1CCOc2c(C(=O)O)cccc21. The van der Waals surface area contributed by atoms with Crippen LogP contribution in [0.3, 0.4) is 0 Å². The second kappa shape index (κ2) is 5.94. The van der Waals surface area contributed by atoms with Gasteiger partial charge in [-0.15, -0.1) is 0 Å². The van der Waals surface area contributed by atoms with E-state index >= 15 is 0 Å². The molecule has 5 nitrogen and oxygen atoms in total. The number of carbonyl (C=O) groups excluding carboxylic acids is 1. The molecule has 5 heteroatoms. The molecule has 0 saturated carbocycles. The number of benzene rings is 1. The van der Waals surface area contributed by atoms with Crippen LogP contribution < -0.4 is 9.64 Å². The van der Waals surface area contributed by atoms with Crippen molar-refractivity contribution >= 4 is 17.6 Å². The number of anilines is 1. The molecule has 1 heterocycles. The number of rotatable bonds is 4. The average molecular weight is 277 g/mol. The van der Waals surface area contributed by atoms with E-state index < -0.39 is 5.97 Å². The van der Waals surface area contributed by atoms with Gasteiger partial charge < -0.3 is 14.7 Å². The average Bonchev–Trinajstić information content (AvgIpc) is 2.45. The molecule has 2 rings (SSSR count). The first-order chi connectivity index (χ1) is 9.54. The Morgan fingerprint density at radius 1 is 1.45 bits per heavy atom. The maximum Gasteiger partial charge on any atom is 0.339 e. The van der Waals surface area contributed by atoms with Gasteiger partial charge in [0.05, 0.1) is 12.2 Å². The van der Waals surface area contributed by atoms with Gasteiger partial charge in [0.25, 0.3) is 0 Å². The summed E-state index contributed by atoms with van der Waals surface area (Å²) in [5.74, 6) is -0.412. The van der Waals surface area contributed by atoms with Crippen molar-refractivity contribution in [2.45, 2.75) is 26.7 Å². The van der Waals surface area contributed by atoms with Crippen molar-refractivity contribution in [1.29, 1.82) is 0 Å². The van der Waals surface area contributed by atoms with Crippen molar-refractivity contribution in [3.05, 3.63) is 23.8 Å². The topological polar surface area (TPSA) is 66.8 Å². The van der Waals surface area contributed by atoms with Gasteiger partial charge in [-0.3, -0.25) is 4.79 Å². The summed E-state index contributed by atoms with van der Waals surface area (Å²) >= 11 is 0. The first-order valence-electron chi connectivity index (χ1n) is 6.84. The smallest absolute Gasteiger partial charge is 0.339 e. The molecule has 20 heavy (non-hydrogen) atoms. The maximum atomic E-state index is 12.3. The van der Waals surface area contributed by atoms with Crippen LogP contribution in [0.15, 0.2) is 18.2 Å². The first kappa shape index (κ1) is 14.4. The predicted octanol–water partition coefficient (Wildman–Crippen LogP) is 2.55. The first-order valence-corrected chi connectivity index (χ1v) is 6.84. The van der Waals surface area contributed by atoms with E-state index in [9.17, 15) is 9.59 Å². The van der Waals surface area contributed by atoms with E-state index in [1.165, 1.54) is 6.07 Å². The number of carboxylic acids is 1. The van der Waals surface area contributed by atoms with Crippen molar-refractivity contribution in [3.8, 4) is 5.75 Å². The van der Waals surface area contributed by atoms with Crippen molar-refractivity contribution in [1.82, 2.24) is 0 Å². The van der Waals surface area contributed by atoms with Crippen molar-refractivity contribution in [2.75, 3.05) is 18.1 Å². The van der Waals surface area contributed by atoms with Crippen LogP contribution in [0.4, 0.5) is 5.69 Å². The molecule has 0 radical (unpaired) electrons. The van der Waals surface area contributed by atoms with Gasteiger partial charge in [-0.05, 0) is 18.1 Å². The monoisotopic (exact) mass is 277 g/mol. The van der Waals surface area contributed by atoms with Crippen LogP contribution in [0.25, 0.3) is 0 Å². The molecule has 1 aliphatic heterocycles. The summed E-state index contributed by atoms with van der Waals surface area (Å²) in [4.78, 5) is 25.2. The molecule has 1 aromatic rings. The maximum absolute atomic E-state index is 12.3. The number of hydrogen-bond donors (Lipinski definition) is 1. The summed E-state index contributed by atoms with van der Waals surface area (Å²) in [5.41, 5.74) is 0.660. The van der Waals surface area contributed by atoms with E-state index in [4.69, 9.17) is 9.84 Å². The minimum absolute atomic E-state index is 0.0199. The van der Waals surface area contributed by atoms with Gasteiger partial charge >= 0.3 is 5.97 Å². The molecular formula is C15H19NO4. The number of hydrogen-bond acceptors (Lipinski definition) is 3. The van der Waals surface area contributed by atoms with Gasteiger partial charge in [0.1, 0.15) is 12.2 Å². The Labute approximate surface area is 118 Å². The fraction of sp³-hybridized carbons (Fsp3) is 0.467. The summed E-state index contributed by atoms with van der Waals surface area (Å²) < 4.78 is 5.45. The summed E-state index contributed by atoms with van der Waals surface area (Å²) in [5, 5.41) is 9.17. The summed E-state index contributed by atoms with van der Waals surface area (Å²) in [6, 6.07) is 4.86. The number of fused-ring (bicyclic) bond motifs is 1. The minimum Gasteiger partial charge on any atom is -0.489 e. The van der Waals surface area contributed by atoms with Gasteiger partial charge in [-0.1, -0.05) is 26.3 Å². The molecule has 1 aliphatic rings. The zero-order chi connectivity index (χ0) is 14.7. The number of ether oxygens (including phenoxy) is 1. The van der Waals surface area contributed by atoms with Crippen LogP contribution in [0.1, 0.15) is 37.0 Å². The third-order valence-electron chi connectivity index (χ3n) is 3.60. The van der Waals surface area contributed by atoms with Gasteiger partial charge in [-0.25, -0.2) is 4.79 Å². The van der Waals surface area contributed by atoms with Gasteiger partial charge in [-0.2, -0.15) is 0 Å². The van der Waals surface area contributed by atoms with Crippen molar-refractivity contribution in [3.63, 3.8) is 0 Å². The Balaban J connectivity index is 2.31. The molecule has 0 aliphatic carbocycles. The molecule has 108 valence electrons. The molecule has 0 saturated heterocycles. The van der Waals surface area contributed by atoms with Crippen LogP contribution in [-0.4, -0.2) is 30.1 Å². The predicted molar refractivity (Wildman–Crippen MR) is 75.3 cm³/mol. The highest BCUT2D eigenvalue weighted by Gasteiger charge is 2.27. The van der Waals surface area contributed by atoms with E-state index in [1.807, 2.05) is 13.8 Å². The molecular weight excluding hydrogens is 258 g/mol. The van der Waals surface area contributed by atoms with E-state index in [0.29, 0.717) is 36.9 Å². The molecule has 1 amide bonds. The third-order valence-corrected chi connectivity index (χ3v) is 3.60. The summed E-state index contributed by atoms with van der Waals surface area (Å²) in [7, 11) is 0. The lowest BCUT2D eigenvalue weighted by Gasteiger charge is -2.31. The van der Waals surface area contributed by atoms with Crippen LogP contribution in [0.5, 0.6) is 5.75 Å². The Bertz CT molecular complexity index is 527. The van der Waals surface area contributed by atoms with Crippen LogP contribution in [0.2, 0.25) is 0 Å². The lowest BCUT2D eigenvalue weighted by molar-refractivity contribution is -0.119. The van der Waals surface area contributed by atoms with E-state index in [0.717, 1.165) is 6.42 Å². The molecule has 0 aromatic heterocycles. The summed E-state index contributed by atoms with van der Waals surface area (Å²) in [6.07, 6.45) is 1.41. The molecule has 1 unspecified atom stereocenters. The van der Waals surface area contributed by atoms with Crippen LogP contribution >= 0.6 is 0 Å². The number of para-hydroxylation sites is 1. The highest BCUT2D eigenvalue weighted by molar-refractivity contribution is 6.00. The quantitative estimate of drug-likeness (QED) is 0.918. The Morgan fingerprint density at radius 2 is 2.20 bits per heavy atom. The highest BCUT2D eigenvalue weighted by atomic mass is 16.5. The van der Waals surface area contributed by atoms with Gasteiger partial charge in [0.2, 0.25) is 5.91 Å². The van der Waals surface area contributed by atoms with Crippen LogP contribution in [0, 0.1) is 5.92 Å². The number of aromatic carboxylic acids is 1. The fourth-order valence-electron chi connectivity index (χ4n) is 2.23. The molecule has 0 spiro atoms. The lowest BCUT2D eigenvalue weighted by atomic mass is 10.0. The minimum atomic E-state index is -1.04. The lowest BCUT2D eigenvalue weighted by Crippen LogP contribution is -2.39. The standard InChI is InChI=1S/C15H19NO4/c1-3-10(2)9-13(17)16-7-8-20-14-11(15(18)19)5-4-6-12(14)16/h4-6,10H,3,7-9H2,1-2H3,(H,18,19). The zero-order valence-electron chi connectivity index (χ0n) is 11.8. The fourth-order valence-corrected chi connectivity index (χ4v) is 2.23. The molecule has 0 bridgehead atoms. The second-order valence-electron chi connectivity index (χ2n) is 5.07. The number of carboxylic acid groups (broad SMARTS) is 1. The number of amides is 1. The highest BCUT2D eigenvalue weighted by Crippen LogP contribution is 2.35. The largest absolute Gasteiger partial charge is 0.489 e. The van der Waals surface area contributed by atoms with Crippen LogP contribution in [-0.2, 0) is 4.79 Å². The zero-order valence-corrected chi connectivity index (χ0v) is 11.8. The Morgan fingerprint density at radius 3 is 2.85 bits per heavy atom. The number of carbonyl (C=O) groups is 2. The Kier molecular flexibility index (Phi) is 4.27. The molecule has 1 aromatic carbocycles. The normalized spacial score (nSPS) is 15.2. The van der Waals surface area contributed by atoms with Gasteiger partial charge in [0, 0.05) is 6.42 Å². The third kappa shape index (κ3) is 2.76. The van der Waals surface area contributed by atoms with Crippen molar-refractivity contribution < 1.29 is 19.4 Å². The Hall–Kier alpha value is -2.04. The van der Waals surface area contributed by atoms with Gasteiger partial charge in [0.15, 0.2) is 5.75 Å². The van der Waals surface area contributed by atoms with E-state index in [1.54, 1.807) is 17.0 Å². The summed E-state index contributed by atoms with van der Waals surface area (Å²) in [6.45, 7) is 4.87. The molecule has 1 N–H and O–H groups in total. The van der Waals surface area contributed by atoms with Crippen molar-refractivity contribution in [2.24, 2.45) is 5.92 Å². The van der Waals surface area contributed by atoms with E-state index in [2.05, 4.69) is 0 Å². The molecule has 0 fully saturated rings.